The van der Waals surface area contributed by atoms with E-state index in [0.29, 0.717) is 17.5 Å². The monoisotopic (exact) mass is 986 g/mol. The Morgan fingerprint density at radius 3 is 1.18 bits per heavy atom. The lowest BCUT2D eigenvalue weighted by Gasteiger charge is -2.17. The summed E-state index contributed by atoms with van der Waals surface area (Å²) in [7, 11) is 0. The highest BCUT2D eigenvalue weighted by atomic mass is 32.1. The maximum Gasteiger partial charge on any atom is 0.166 e. The molecule has 0 fully saturated rings. The van der Waals surface area contributed by atoms with Crippen molar-refractivity contribution in [3.05, 3.63) is 255 Å². The van der Waals surface area contributed by atoms with Crippen molar-refractivity contribution in [1.82, 2.24) is 28.7 Å². The fraction of sp³-hybridized carbons (Fsp3) is 0. The zero-order chi connectivity index (χ0) is 49.8. The van der Waals surface area contributed by atoms with E-state index in [1.165, 1.54) is 63.8 Å². The van der Waals surface area contributed by atoms with Gasteiger partial charge < -0.3 is 13.7 Å². The van der Waals surface area contributed by atoms with Crippen molar-refractivity contribution in [2.75, 3.05) is 0 Å². The highest BCUT2D eigenvalue weighted by molar-refractivity contribution is 7.25. The molecule has 11 aromatic carbocycles. The van der Waals surface area contributed by atoms with Gasteiger partial charge in [-0.2, -0.15) is 0 Å². The van der Waals surface area contributed by atoms with Crippen LogP contribution < -0.4 is 0 Å². The third-order valence-corrected chi connectivity index (χ3v) is 16.4. The Kier molecular flexibility index (Phi) is 9.40. The van der Waals surface area contributed by atoms with Crippen LogP contribution in [0.4, 0.5) is 0 Å². The van der Waals surface area contributed by atoms with E-state index in [4.69, 9.17) is 15.0 Å². The maximum atomic E-state index is 5.41. The van der Waals surface area contributed by atoms with Crippen LogP contribution >= 0.6 is 11.3 Å². The minimum Gasteiger partial charge on any atom is -0.309 e. The topological polar surface area (TPSA) is 53.5 Å². The zero-order valence-corrected chi connectivity index (χ0v) is 41.7. The molecule has 0 N–H and O–H groups in total. The second kappa shape index (κ2) is 16.8. The van der Waals surface area contributed by atoms with E-state index in [-0.39, 0.29) is 0 Å². The second-order valence-corrected chi connectivity index (χ2v) is 20.6. The third kappa shape index (κ3) is 6.56. The molecule has 0 radical (unpaired) electrons. The van der Waals surface area contributed by atoms with Gasteiger partial charge in [0.1, 0.15) is 0 Å². The summed E-state index contributed by atoms with van der Waals surface area (Å²) in [6, 6.07) is 91.8. The van der Waals surface area contributed by atoms with Crippen LogP contribution in [0.15, 0.2) is 255 Å². The Labute approximate surface area is 440 Å². The molecule has 0 atom stereocenters. The number of aromatic nitrogens is 6. The van der Waals surface area contributed by atoms with Gasteiger partial charge in [-0.05, 0) is 96.1 Å². The van der Waals surface area contributed by atoms with Gasteiger partial charge in [0.05, 0.1) is 38.8 Å². The van der Waals surface area contributed by atoms with Crippen molar-refractivity contribution in [3.63, 3.8) is 0 Å². The molecule has 0 aliphatic heterocycles. The number of fused-ring (bicyclic) bond motifs is 12. The lowest BCUT2D eigenvalue weighted by atomic mass is 9.99. The number of benzene rings is 11. The molecule has 0 spiro atoms. The fourth-order valence-corrected chi connectivity index (χ4v) is 13.0. The van der Waals surface area contributed by atoms with Gasteiger partial charge in [-0.1, -0.05) is 170 Å². The summed E-state index contributed by atoms with van der Waals surface area (Å²) in [6.07, 6.45) is 0. The molecule has 0 saturated heterocycles. The molecule has 5 heterocycles. The molecule has 354 valence electrons. The Bertz CT molecular complexity index is 4670. The Morgan fingerprint density at radius 1 is 0.250 bits per heavy atom. The first-order valence-corrected chi connectivity index (χ1v) is 26.5. The van der Waals surface area contributed by atoms with Crippen molar-refractivity contribution in [3.8, 4) is 62.4 Å². The normalized spacial score (nSPS) is 11.9. The van der Waals surface area contributed by atoms with Gasteiger partial charge in [-0.3, -0.25) is 0 Å². The number of nitrogens with zero attached hydrogens (tertiary/aromatic N) is 6. The molecule has 0 aliphatic carbocycles. The van der Waals surface area contributed by atoms with Gasteiger partial charge in [0.2, 0.25) is 0 Å². The molecule has 16 aromatic rings. The van der Waals surface area contributed by atoms with E-state index in [1.807, 2.05) is 47.7 Å². The molecule has 0 aliphatic rings. The summed E-state index contributed by atoms with van der Waals surface area (Å²) in [5.74, 6) is 1.81. The Balaban J connectivity index is 0.993. The molecule has 16 rings (SSSR count). The minimum absolute atomic E-state index is 0.589. The second-order valence-electron chi connectivity index (χ2n) is 19.6. The number of hydrogen-bond donors (Lipinski definition) is 0. The van der Waals surface area contributed by atoms with E-state index in [1.54, 1.807) is 0 Å². The largest absolute Gasteiger partial charge is 0.309 e. The first-order chi connectivity index (χ1) is 37.7. The maximum absolute atomic E-state index is 5.41. The third-order valence-electron chi connectivity index (χ3n) is 15.3. The van der Waals surface area contributed by atoms with Crippen LogP contribution in [0.5, 0.6) is 0 Å². The highest BCUT2D eigenvalue weighted by Crippen LogP contribution is 2.43. The molecule has 5 aromatic heterocycles. The standard InChI is InChI=1S/C69H42N6S/c1-3-17-43(18-4-1)67-70-68(44-19-5-2-6-20-44)72-69(71-67)57-39-45(46-31-35-54-53-25-11-16-30-65(53)76-66(54)40-46)32-36-64(57)75-62-37-33-47(73-58-26-12-7-21-49(58)50-22-8-13-27-59(50)73)41-55(62)56-42-48(34-38-63(56)75)74-60-28-14-9-23-51(60)52-24-10-15-29-61(52)74/h1-42H. The lowest BCUT2D eigenvalue weighted by molar-refractivity contribution is 1.06. The van der Waals surface area contributed by atoms with E-state index in [0.717, 1.165) is 66.7 Å². The summed E-state index contributed by atoms with van der Waals surface area (Å²) in [6.45, 7) is 0. The van der Waals surface area contributed by atoms with Crippen LogP contribution in [-0.4, -0.2) is 28.7 Å². The van der Waals surface area contributed by atoms with E-state index >= 15 is 0 Å². The predicted octanol–water partition coefficient (Wildman–Crippen LogP) is 18.2. The Morgan fingerprint density at radius 2 is 0.658 bits per heavy atom. The summed E-state index contributed by atoms with van der Waals surface area (Å²) in [5, 5.41) is 9.73. The molecule has 0 bridgehead atoms. The predicted molar refractivity (Wildman–Crippen MR) is 317 cm³/mol. The van der Waals surface area contributed by atoms with Crippen molar-refractivity contribution in [2.45, 2.75) is 0 Å². The fourth-order valence-electron chi connectivity index (χ4n) is 11.9. The average molecular weight is 987 g/mol. The average Bonchev–Trinajstić information content (AvgIpc) is 4.31. The van der Waals surface area contributed by atoms with Gasteiger partial charge in [-0.25, -0.2) is 15.0 Å². The first-order valence-electron chi connectivity index (χ1n) is 25.7. The van der Waals surface area contributed by atoms with Crippen LogP contribution in [0.2, 0.25) is 0 Å². The first kappa shape index (κ1) is 42.5. The van der Waals surface area contributed by atoms with Crippen LogP contribution in [-0.2, 0) is 0 Å². The highest BCUT2D eigenvalue weighted by Gasteiger charge is 2.23. The van der Waals surface area contributed by atoms with Gasteiger partial charge in [-0.15, -0.1) is 11.3 Å². The molecule has 6 nitrogen and oxygen atoms in total. The quantitative estimate of drug-likeness (QED) is 0.160. The van der Waals surface area contributed by atoms with Gasteiger partial charge in [0, 0.05) is 80.6 Å². The van der Waals surface area contributed by atoms with Gasteiger partial charge in [0.15, 0.2) is 17.5 Å². The Hall–Kier alpha value is -9.95. The molecular weight excluding hydrogens is 945 g/mol. The van der Waals surface area contributed by atoms with E-state index in [9.17, 15) is 0 Å². The van der Waals surface area contributed by atoms with Crippen LogP contribution in [0.1, 0.15) is 0 Å². The van der Waals surface area contributed by atoms with Crippen molar-refractivity contribution in [2.24, 2.45) is 0 Å². The zero-order valence-electron chi connectivity index (χ0n) is 40.8. The van der Waals surface area contributed by atoms with E-state index < -0.39 is 0 Å². The van der Waals surface area contributed by atoms with Crippen molar-refractivity contribution in [1.29, 1.82) is 0 Å². The number of rotatable bonds is 7. The molecule has 0 saturated carbocycles. The smallest absolute Gasteiger partial charge is 0.166 e. The van der Waals surface area contributed by atoms with E-state index in [2.05, 4.69) is 232 Å². The molecular formula is C69H42N6S. The van der Waals surface area contributed by atoms with Gasteiger partial charge >= 0.3 is 0 Å². The number of para-hydroxylation sites is 4. The number of thiophene rings is 1. The van der Waals surface area contributed by atoms with Crippen LogP contribution in [0.25, 0.3) is 148 Å². The minimum atomic E-state index is 0.589. The summed E-state index contributed by atoms with van der Waals surface area (Å²) < 4.78 is 9.80. The summed E-state index contributed by atoms with van der Waals surface area (Å²) in [4.78, 5) is 16.0. The molecule has 76 heavy (non-hydrogen) atoms. The summed E-state index contributed by atoms with van der Waals surface area (Å²) in [5.41, 5.74) is 14.9. The molecule has 0 amide bonds. The number of hydrogen-bond acceptors (Lipinski definition) is 4. The van der Waals surface area contributed by atoms with Crippen LogP contribution in [0, 0.1) is 0 Å². The summed E-state index contributed by atoms with van der Waals surface area (Å²) >= 11 is 1.84. The van der Waals surface area contributed by atoms with Crippen molar-refractivity contribution < 1.29 is 0 Å². The molecule has 0 unspecified atom stereocenters. The SMILES string of the molecule is c1ccc(-c2nc(-c3ccccc3)nc(-c3cc(-c4ccc5c(c4)sc4ccccc45)ccc3-n3c4ccc(-n5c6ccccc6c6ccccc65)cc4c4cc(-n5c6ccccc6c6ccccc65)ccc43)n2)cc1. The lowest BCUT2D eigenvalue weighted by Crippen LogP contribution is -2.04. The van der Waals surface area contributed by atoms with Gasteiger partial charge in [0.25, 0.3) is 0 Å². The molecule has 7 heteroatoms. The van der Waals surface area contributed by atoms with Crippen molar-refractivity contribution >= 4 is 96.9 Å². The van der Waals surface area contributed by atoms with Crippen LogP contribution in [0.3, 0.4) is 0 Å².